The van der Waals surface area contributed by atoms with Crippen LogP contribution in [0.4, 0.5) is 10.1 Å². The molecule has 9 heteroatoms. The van der Waals surface area contributed by atoms with Crippen molar-refractivity contribution in [2.75, 3.05) is 38.0 Å². The maximum Gasteiger partial charge on any atom is 0.253 e. The predicted octanol–water partition coefficient (Wildman–Crippen LogP) is 4.87. The number of para-hydroxylation sites is 1. The van der Waals surface area contributed by atoms with Crippen molar-refractivity contribution in [3.05, 3.63) is 95.9 Å². The van der Waals surface area contributed by atoms with Gasteiger partial charge >= 0.3 is 0 Å². The first-order chi connectivity index (χ1) is 18.5. The average Bonchev–Trinajstić information content (AvgIpc) is 3.19. The molecule has 1 N–H and O–H groups in total. The number of carbonyl (C=O) groups excluding carboxylic acids is 1. The third kappa shape index (κ3) is 5.69. The van der Waals surface area contributed by atoms with Gasteiger partial charge < -0.3 is 14.4 Å². The van der Waals surface area contributed by atoms with E-state index in [1.54, 1.807) is 55.8 Å². The average molecular weight is 533 g/mol. The summed E-state index contributed by atoms with van der Waals surface area (Å²) in [5.74, 6) is 0.197. The van der Waals surface area contributed by atoms with E-state index in [0.29, 0.717) is 59.2 Å². The second-order valence-electron chi connectivity index (χ2n) is 9.12. The maximum absolute atomic E-state index is 14.4. The van der Waals surface area contributed by atoms with Crippen molar-refractivity contribution in [3.63, 3.8) is 0 Å². The number of hydrogen-bond donors (Lipinski definition) is 1. The van der Waals surface area contributed by atoms with Gasteiger partial charge in [-0.25, -0.2) is 8.60 Å². The van der Waals surface area contributed by atoms with E-state index >= 15 is 0 Å². The molecule has 2 heterocycles. The molecule has 0 bridgehead atoms. The molecule has 38 heavy (non-hydrogen) atoms. The summed E-state index contributed by atoms with van der Waals surface area (Å²) in [7, 11) is 0.0349. The van der Waals surface area contributed by atoms with Gasteiger partial charge in [-0.2, -0.15) is 0 Å². The minimum atomic E-state index is -1.51. The first kappa shape index (κ1) is 25.8. The van der Waals surface area contributed by atoms with Crippen LogP contribution in [0.25, 0.3) is 10.9 Å². The second kappa shape index (κ2) is 11.7. The number of nitrogens with zero attached hydrogens (tertiary/aromatic N) is 3. The Bertz CT molecular complexity index is 1460. The Morgan fingerprint density at radius 2 is 1.79 bits per heavy atom. The number of nitrogens with one attached hydrogen (secondary N) is 1. The Kier molecular flexibility index (Phi) is 7.95. The zero-order valence-corrected chi connectivity index (χ0v) is 21.9. The summed E-state index contributed by atoms with van der Waals surface area (Å²) in [6.45, 7) is 3.01. The fourth-order valence-electron chi connectivity index (χ4n) is 4.69. The molecule has 1 aliphatic rings. The quantitative estimate of drug-likeness (QED) is 0.368. The van der Waals surface area contributed by atoms with Crippen LogP contribution in [0.15, 0.2) is 83.9 Å². The molecular weight excluding hydrogens is 503 g/mol. The number of halogens is 1. The number of anilines is 1. The number of carbonyl (C=O) groups is 1. The Morgan fingerprint density at radius 1 is 1.00 bits per heavy atom. The van der Waals surface area contributed by atoms with Crippen LogP contribution in [0.2, 0.25) is 0 Å². The summed E-state index contributed by atoms with van der Waals surface area (Å²) < 4.78 is 35.7. The molecule has 196 valence electrons. The van der Waals surface area contributed by atoms with Crippen molar-refractivity contribution in [2.45, 2.75) is 17.9 Å². The van der Waals surface area contributed by atoms with Gasteiger partial charge in [-0.15, -0.1) is 0 Å². The smallest absolute Gasteiger partial charge is 0.253 e. The van der Waals surface area contributed by atoms with Gasteiger partial charge in [-0.05, 0) is 55.0 Å². The van der Waals surface area contributed by atoms with Gasteiger partial charge in [0.05, 0.1) is 17.5 Å². The molecule has 1 aliphatic heterocycles. The number of amides is 1. The molecule has 0 spiro atoms. The highest BCUT2D eigenvalue weighted by molar-refractivity contribution is 7.86. The normalized spacial score (nSPS) is 15.2. The molecule has 0 radical (unpaired) electrons. The lowest BCUT2D eigenvalue weighted by molar-refractivity contribution is 0.0761. The van der Waals surface area contributed by atoms with Crippen LogP contribution in [0.1, 0.15) is 22.3 Å². The first-order valence-corrected chi connectivity index (χ1v) is 13.6. The largest absolute Gasteiger partial charge is 0.496 e. The summed E-state index contributed by atoms with van der Waals surface area (Å²) in [5, 5.41) is 0.921. The Morgan fingerprint density at radius 3 is 2.61 bits per heavy atom. The van der Waals surface area contributed by atoms with Crippen molar-refractivity contribution in [1.29, 1.82) is 0 Å². The van der Waals surface area contributed by atoms with Gasteiger partial charge in [-0.1, -0.05) is 24.3 Å². The van der Waals surface area contributed by atoms with Crippen LogP contribution in [0, 0.1) is 5.82 Å². The highest BCUT2D eigenvalue weighted by Gasteiger charge is 2.22. The van der Waals surface area contributed by atoms with E-state index in [0.717, 1.165) is 18.4 Å². The van der Waals surface area contributed by atoms with Crippen LogP contribution in [0.5, 0.6) is 5.75 Å². The Hall–Kier alpha value is -3.82. The van der Waals surface area contributed by atoms with Gasteiger partial charge in [0.25, 0.3) is 5.91 Å². The van der Waals surface area contributed by atoms with Crippen LogP contribution in [-0.2, 0) is 17.5 Å². The topological polar surface area (TPSA) is 74.8 Å². The minimum absolute atomic E-state index is 0.0544. The number of aromatic nitrogens is 1. The van der Waals surface area contributed by atoms with E-state index < -0.39 is 11.0 Å². The third-order valence-electron chi connectivity index (χ3n) is 6.69. The van der Waals surface area contributed by atoms with Gasteiger partial charge in [-0.3, -0.25) is 14.7 Å². The third-order valence-corrected chi connectivity index (χ3v) is 7.84. The molecule has 1 saturated heterocycles. The lowest BCUT2D eigenvalue weighted by Gasteiger charge is -2.23. The van der Waals surface area contributed by atoms with E-state index in [2.05, 4.69) is 14.6 Å². The molecular formula is C29H29FN4O3S. The second-order valence-corrected chi connectivity index (χ2v) is 10.3. The van der Waals surface area contributed by atoms with Crippen LogP contribution >= 0.6 is 0 Å². The number of methoxy groups -OCH3 is 1. The Balaban J connectivity index is 1.21. The fraction of sp³-hybridized carbons (Fsp3) is 0.241. The molecule has 1 atom stereocenters. The summed E-state index contributed by atoms with van der Waals surface area (Å²) in [6.07, 6.45) is 2.47. The van der Waals surface area contributed by atoms with Crippen molar-refractivity contribution in [2.24, 2.45) is 0 Å². The molecule has 4 aromatic rings. The fourth-order valence-corrected chi connectivity index (χ4v) is 5.70. The van der Waals surface area contributed by atoms with Gasteiger partial charge in [0.15, 0.2) is 11.0 Å². The monoisotopic (exact) mass is 532 g/mol. The van der Waals surface area contributed by atoms with E-state index in [9.17, 15) is 13.4 Å². The molecule has 1 aromatic heterocycles. The number of ether oxygens (including phenoxy) is 1. The molecule has 1 amide bonds. The SMILES string of the molecule is COc1cccc(F)c1CN1CCCN(C(=O)c2ccc(NS(=O)c3cccc4cccnc34)cc2)CC1. The van der Waals surface area contributed by atoms with Crippen molar-refractivity contribution < 1.29 is 18.1 Å². The summed E-state index contributed by atoms with van der Waals surface area (Å²) in [5.41, 5.74) is 2.44. The van der Waals surface area contributed by atoms with E-state index in [1.807, 2.05) is 29.2 Å². The Labute approximate surface area is 223 Å². The van der Waals surface area contributed by atoms with E-state index in [1.165, 1.54) is 6.07 Å². The molecule has 1 fully saturated rings. The number of pyridine rings is 1. The first-order valence-electron chi connectivity index (χ1n) is 12.5. The number of benzene rings is 3. The zero-order chi connectivity index (χ0) is 26.5. The number of rotatable bonds is 7. The lowest BCUT2D eigenvalue weighted by Crippen LogP contribution is -2.35. The molecule has 7 nitrogen and oxygen atoms in total. The van der Waals surface area contributed by atoms with Crippen molar-refractivity contribution in [1.82, 2.24) is 14.8 Å². The lowest BCUT2D eigenvalue weighted by atomic mass is 10.1. The molecule has 1 unspecified atom stereocenters. The highest BCUT2D eigenvalue weighted by Crippen LogP contribution is 2.24. The predicted molar refractivity (Wildman–Crippen MR) is 147 cm³/mol. The summed E-state index contributed by atoms with van der Waals surface area (Å²) in [6, 6.07) is 21.2. The standard InChI is InChI=1S/C29H29FN4O3S/c1-37-26-9-3-8-25(30)24(26)20-33-16-5-17-34(19-18-33)29(35)22-11-13-23(14-12-22)32-38(36)27-10-2-6-21-7-4-15-31-28(21)27/h2-4,6-15,32H,5,16-20H2,1H3. The van der Waals surface area contributed by atoms with Crippen LogP contribution in [0.3, 0.4) is 0 Å². The van der Waals surface area contributed by atoms with E-state index in [-0.39, 0.29) is 11.7 Å². The summed E-state index contributed by atoms with van der Waals surface area (Å²) >= 11 is 0. The highest BCUT2D eigenvalue weighted by atomic mass is 32.2. The van der Waals surface area contributed by atoms with Gasteiger partial charge in [0.2, 0.25) is 0 Å². The van der Waals surface area contributed by atoms with Crippen molar-refractivity contribution in [3.8, 4) is 5.75 Å². The number of hydrogen-bond acceptors (Lipinski definition) is 5. The van der Waals surface area contributed by atoms with Crippen LogP contribution in [-0.4, -0.2) is 58.2 Å². The zero-order valence-electron chi connectivity index (χ0n) is 21.1. The molecule has 0 aliphatic carbocycles. The maximum atomic E-state index is 14.4. The molecule has 3 aromatic carbocycles. The van der Waals surface area contributed by atoms with E-state index in [4.69, 9.17) is 4.74 Å². The molecule has 5 rings (SSSR count). The number of fused-ring (bicyclic) bond motifs is 1. The molecule has 0 saturated carbocycles. The van der Waals surface area contributed by atoms with Gasteiger partial charge in [0.1, 0.15) is 11.6 Å². The van der Waals surface area contributed by atoms with Crippen LogP contribution < -0.4 is 9.46 Å². The van der Waals surface area contributed by atoms with Gasteiger partial charge in [0, 0.05) is 61.1 Å². The van der Waals surface area contributed by atoms with Crippen molar-refractivity contribution >= 4 is 33.5 Å². The summed E-state index contributed by atoms with van der Waals surface area (Å²) in [4.78, 5) is 22.2. The minimum Gasteiger partial charge on any atom is -0.496 e.